The monoisotopic (exact) mass is 369 g/mol. The summed E-state index contributed by atoms with van der Waals surface area (Å²) < 4.78 is 42.8. The van der Waals surface area contributed by atoms with E-state index in [2.05, 4.69) is 24.7 Å². The van der Waals surface area contributed by atoms with E-state index in [0.717, 1.165) is 6.20 Å². The molecule has 0 aromatic carbocycles. The Kier molecular flexibility index (Phi) is 4.84. The lowest BCUT2D eigenvalue weighted by atomic mass is 9.96. The minimum Gasteiger partial charge on any atom is -0.464 e. The fraction of sp³-hybridized carbons (Fsp3) is 0.500. The predicted octanol–water partition coefficient (Wildman–Crippen LogP) is 2.70. The summed E-state index contributed by atoms with van der Waals surface area (Å²) in [5.41, 5.74) is -0.0176. The number of methoxy groups -OCH3 is 1. The number of anilines is 1. The fourth-order valence-electron chi connectivity index (χ4n) is 2.94. The van der Waals surface area contributed by atoms with Crippen LogP contribution in [0.25, 0.3) is 0 Å². The van der Waals surface area contributed by atoms with Gasteiger partial charge in [0.05, 0.1) is 13.3 Å². The number of piperidine rings is 1. The lowest BCUT2D eigenvalue weighted by Crippen LogP contribution is -2.35. The van der Waals surface area contributed by atoms with Crippen molar-refractivity contribution in [2.24, 2.45) is 0 Å². The van der Waals surface area contributed by atoms with Crippen LogP contribution >= 0.6 is 0 Å². The average Bonchev–Trinajstić information content (AvgIpc) is 3.11. The number of alkyl halides is 3. The maximum Gasteiger partial charge on any atom is 0.432 e. The van der Waals surface area contributed by atoms with Gasteiger partial charge >= 0.3 is 12.1 Å². The number of H-pyrrole nitrogens is 1. The zero-order valence-electron chi connectivity index (χ0n) is 14.3. The van der Waals surface area contributed by atoms with Crippen LogP contribution in [0.1, 0.15) is 46.5 Å². The first kappa shape index (κ1) is 18.2. The fourth-order valence-corrected chi connectivity index (χ4v) is 2.94. The SMILES string of the molecule is COC(=O)c1cc(C)nc(N2CCC(c3ncc(C(F)(F)F)[nH]3)CC2)n1. The third-order valence-electron chi connectivity index (χ3n) is 4.30. The van der Waals surface area contributed by atoms with Crippen LogP contribution in [0.15, 0.2) is 12.3 Å². The Hall–Kier alpha value is -2.65. The van der Waals surface area contributed by atoms with E-state index in [9.17, 15) is 18.0 Å². The number of esters is 1. The Morgan fingerprint density at radius 1 is 1.31 bits per heavy atom. The molecule has 1 saturated heterocycles. The number of aromatic amines is 1. The minimum absolute atomic E-state index is 0.0905. The van der Waals surface area contributed by atoms with Crippen molar-refractivity contribution in [3.05, 3.63) is 35.2 Å². The largest absolute Gasteiger partial charge is 0.464 e. The third kappa shape index (κ3) is 3.78. The van der Waals surface area contributed by atoms with E-state index in [0.29, 0.717) is 43.4 Å². The highest BCUT2D eigenvalue weighted by atomic mass is 19.4. The Morgan fingerprint density at radius 3 is 2.58 bits per heavy atom. The molecule has 7 nitrogen and oxygen atoms in total. The number of hydrogen-bond donors (Lipinski definition) is 1. The molecular formula is C16H18F3N5O2. The summed E-state index contributed by atoms with van der Waals surface area (Å²) in [4.78, 5) is 28.4. The van der Waals surface area contributed by atoms with Crippen LogP contribution in [0.4, 0.5) is 19.1 Å². The van der Waals surface area contributed by atoms with Gasteiger partial charge in [-0.1, -0.05) is 0 Å². The van der Waals surface area contributed by atoms with E-state index in [4.69, 9.17) is 0 Å². The maximum absolute atomic E-state index is 12.7. The molecule has 0 saturated carbocycles. The second-order valence-corrected chi connectivity index (χ2v) is 6.13. The molecule has 10 heteroatoms. The summed E-state index contributed by atoms with van der Waals surface area (Å²) in [6.07, 6.45) is -2.38. The van der Waals surface area contributed by atoms with Gasteiger partial charge in [-0.3, -0.25) is 0 Å². The molecule has 26 heavy (non-hydrogen) atoms. The normalized spacial score (nSPS) is 16.0. The first-order chi connectivity index (χ1) is 12.3. The standard InChI is InChI=1S/C16H18F3N5O2/c1-9-7-11(14(25)26-2)22-15(21-9)24-5-3-10(4-6-24)13-20-8-12(23-13)16(17,18)19/h7-8,10H,3-6H2,1-2H3,(H,20,23). The van der Waals surface area contributed by atoms with Crippen molar-refractivity contribution < 1.29 is 22.7 Å². The zero-order valence-corrected chi connectivity index (χ0v) is 14.3. The molecule has 2 aromatic heterocycles. The molecule has 0 radical (unpaired) electrons. The van der Waals surface area contributed by atoms with Gasteiger partial charge in [-0.05, 0) is 25.8 Å². The number of imidazole rings is 1. The van der Waals surface area contributed by atoms with Crippen molar-refractivity contribution >= 4 is 11.9 Å². The van der Waals surface area contributed by atoms with Gasteiger partial charge < -0.3 is 14.6 Å². The van der Waals surface area contributed by atoms with E-state index in [1.807, 2.05) is 4.90 Å². The van der Waals surface area contributed by atoms with Gasteiger partial charge in [0.2, 0.25) is 5.95 Å². The van der Waals surface area contributed by atoms with Crippen LogP contribution in [0, 0.1) is 6.92 Å². The average molecular weight is 369 g/mol. The molecule has 140 valence electrons. The summed E-state index contributed by atoms with van der Waals surface area (Å²) in [7, 11) is 1.28. The molecular weight excluding hydrogens is 351 g/mol. The number of ether oxygens (including phenoxy) is 1. The molecule has 0 amide bonds. The summed E-state index contributed by atoms with van der Waals surface area (Å²) in [5, 5.41) is 0. The van der Waals surface area contributed by atoms with Gasteiger partial charge in [-0.2, -0.15) is 13.2 Å². The highest BCUT2D eigenvalue weighted by molar-refractivity contribution is 5.87. The number of carbonyl (C=O) groups excluding carboxylic acids is 1. The molecule has 3 rings (SSSR count). The number of hydrogen-bond acceptors (Lipinski definition) is 6. The minimum atomic E-state index is -4.42. The van der Waals surface area contributed by atoms with E-state index in [-0.39, 0.29) is 11.6 Å². The molecule has 0 unspecified atom stereocenters. The molecule has 1 aliphatic rings. The predicted molar refractivity (Wildman–Crippen MR) is 85.9 cm³/mol. The van der Waals surface area contributed by atoms with E-state index >= 15 is 0 Å². The number of halogens is 3. The van der Waals surface area contributed by atoms with Crippen molar-refractivity contribution in [1.82, 2.24) is 19.9 Å². The van der Waals surface area contributed by atoms with E-state index in [1.54, 1.807) is 13.0 Å². The Balaban J connectivity index is 1.70. The van der Waals surface area contributed by atoms with E-state index in [1.165, 1.54) is 7.11 Å². The lowest BCUT2D eigenvalue weighted by Gasteiger charge is -2.31. The second-order valence-electron chi connectivity index (χ2n) is 6.13. The van der Waals surface area contributed by atoms with Gasteiger partial charge in [0.1, 0.15) is 11.5 Å². The lowest BCUT2D eigenvalue weighted by molar-refractivity contribution is -0.141. The Morgan fingerprint density at radius 2 is 2.00 bits per heavy atom. The van der Waals surface area contributed by atoms with Crippen molar-refractivity contribution in [3.8, 4) is 0 Å². The van der Waals surface area contributed by atoms with Crippen molar-refractivity contribution in [1.29, 1.82) is 0 Å². The Labute approximate surface area is 147 Å². The molecule has 1 fully saturated rings. The molecule has 2 aromatic rings. The molecule has 0 spiro atoms. The molecule has 3 heterocycles. The van der Waals surface area contributed by atoms with Crippen molar-refractivity contribution in [2.75, 3.05) is 25.1 Å². The number of nitrogens with one attached hydrogen (secondary N) is 1. The second kappa shape index (κ2) is 6.93. The molecule has 0 bridgehead atoms. The van der Waals surface area contributed by atoms with Crippen LogP contribution in [0.5, 0.6) is 0 Å². The van der Waals surface area contributed by atoms with Gasteiger partial charge in [0.25, 0.3) is 0 Å². The number of aryl methyl sites for hydroxylation is 1. The summed E-state index contributed by atoms with van der Waals surface area (Å²) in [6.45, 7) is 2.86. The number of nitrogens with zero attached hydrogens (tertiary/aromatic N) is 4. The van der Waals surface area contributed by atoms with Crippen LogP contribution in [0.3, 0.4) is 0 Å². The maximum atomic E-state index is 12.7. The van der Waals surface area contributed by atoms with Crippen molar-refractivity contribution in [2.45, 2.75) is 31.9 Å². The van der Waals surface area contributed by atoms with Gasteiger partial charge in [-0.25, -0.2) is 19.7 Å². The van der Waals surface area contributed by atoms with Gasteiger partial charge in [0, 0.05) is 24.7 Å². The molecule has 1 aliphatic heterocycles. The smallest absolute Gasteiger partial charge is 0.432 e. The first-order valence-corrected chi connectivity index (χ1v) is 8.09. The number of aromatic nitrogens is 4. The van der Waals surface area contributed by atoms with Crippen molar-refractivity contribution in [3.63, 3.8) is 0 Å². The van der Waals surface area contributed by atoms with E-state index < -0.39 is 17.8 Å². The molecule has 0 aliphatic carbocycles. The Bertz CT molecular complexity index is 797. The highest BCUT2D eigenvalue weighted by Crippen LogP contribution is 2.32. The van der Waals surface area contributed by atoms with Gasteiger partial charge in [-0.15, -0.1) is 0 Å². The highest BCUT2D eigenvalue weighted by Gasteiger charge is 2.34. The zero-order chi connectivity index (χ0) is 18.9. The number of carbonyl (C=O) groups is 1. The van der Waals surface area contributed by atoms with Crippen LogP contribution in [0.2, 0.25) is 0 Å². The van der Waals surface area contributed by atoms with Gasteiger partial charge in [0.15, 0.2) is 5.69 Å². The van der Waals surface area contributed by atoms with Crippen LogP contribution in [-0.4, -0.2) is 46.1 Å². The third-order valence-corrected chi connectivity index (χ3v) is 4.30. The van der Waals surface area contributed by atoms with Crippen LogP contribution < -0.4 is 4.90 Å². The topological polar surface area (TPSA) is 84.0 Å². The summed E-state index contributed by atoms with van der Waals surface area (Å²) in [6, 6.07) is 1.55. The first-order valence-electron chi connectivity index (χ1n) is 8.09. The summed E-state index contributed by atoms with van der Waals surface area (Å²) >= 11 is 0. The summed E-state index contributed by atoms with van der Waals surface area (Å²) in [5.74, 6) is 0.130. The quantitative estimate of drug-likeness (QED) is 0.838. The number of rotatable bonds is 3. The van der Waals surface area contributed by atoms with Crippen LogP contribution in [-0.2, 0) is 10.9 Å². The molecule has 1 N–H and O–H groups in total. The molecule has 0 atom stereocenters.